The van der Waals surface area contributed by atoms with E-state index in [4.69, 9.17) is 4.55 Å². The Morgan fingerprint density at radius 2 is 1.64 bits per heavy atom. The number of nitrogens with zero attached hydrogens (tertiary/aromatic N) is 1. The van der Waals surface area contributed by atoms with Crippen LogP contribution in [-0.4, -0.2) is 13.0 Å². The molecule has 0 atom stereocenters. The quantitative estimate of drug-likeness (QED) is 0.507. The zero-order valence-corrected chi connectivity index (χ0v) is 10.4. The second kappa shape index (κ2) is 4.05. The van der Waals surface area contributed by atoms with Crippen LogP contribution in [-0.2, 0) is 10.1 Å². The third-order valence-electron chi connectivity index (χ3n) is 1.38. The molecule has 0 saturated heterocycles. The normalized spacial score (nSPS) is 11.4. The van der Waals surface area contributed by atoms with E-state index in [0.717, 1.165) is 12.1 Å². The average Bonchev–Trinajstić information content (AvgIpc) is 2.01. The lowest BCUT2D eigenvalue weighted by atomic mass is 10.3. The standard InChI is InChI=1S/C6H3Br2NO4S/c7-4-1-3(14(11,12)13)2-5(8)6(4)9-10/h1-2H,(H,11,12,13)/i9+1. The van der Waals surface area contributed by atoms with Crippen molar-refractivity contribution in [1.29, 1.82) is 0 Å². The lowest BCUT2D eigenvalue weighted by Crippen LogP contribution is -1.97. The Kier molecular flexibility index (Phi) is 3.40. The Morgan fingerprint density at radius 1 is 1.21 bits per heavy atom. The summed E-state index contributed by atoms with van der Waals surface area (Å²) >= 11 is 5.90. The van der Waals surface area contributed by atoms with Gasteiger partial charge in [-0.1, -0.05) is 0 Å². The van der Waals surface area contributed by atoms with Gasteiger partial charge in [0.15, 0.2) is 0 Å². The Balaban J connectivity index is 3.50. The maximum atomic E-state index is 10.7. The molecule has 0 saturated carbocycles. The summed E-state index contributed by atoms with van der Waals surface area (Å²) in [4.78, 5) is 9.97. The fourth-order valence-electron chi connectivity index (χ4n) is 0.778. The molecule has 1 aromatic rings. The van der Waals surface area contributed by atoms with Crippen LogP contribution in [0, 0.1) is 4.91 Å². The van der Waals surface area contributed by atoms with E-state index >= 15 is 0 Å². The van der Waals surface area contributed by atoms with Gasteiger partial charge in [0.05, 0.1) is 4.90 Å². The third kappa shape index (κ3) is 2.38. The summed E-state index contributed by atoms with van der Waals surface area (Å²) in [6.07, 6.45) is 0. The minimum Gasteiger partial charge on any atom is -0.282 e. The molecule has 76 valence electrons. The molecule has 0 heterocycles. The molecule has 0 amide bonds. The number of hydrogen-bond donors (Lipinski definition) is 1. The van der Waals surface area contributed by atoms with Gasteiger partial charge in [0, 0.05) is 8.95 Å². The molecule has 0 aliphatic carbocycles. The van der Waals surface area contributed by atoms with E-state index < -0.39 is 10.1 Å². The molecule has 0 aliphatic rings. The van der Waals surface area contributed by atoms with Crippen LogP contribution < -0.4 is 0 Å². The summed E-state index contributed by atoms with van der Waals surface area (Å²) < 4.78 is 30.6. The summed E-state index contributed by atoms with van der Waals surface area (Å²) in [6.45, 7) is 0. The first-order valence-electron chi connectivity index (χ1n) is 3.16. The second-order valence-electron chi connectivity index (χ2n) is 2.30. The SMILES string of the molecule is O=[15N]c1c(Br)cc(S(=O)(=O)O)cc1Br. The monoisotopic (exact) mass is 344 g/mol. The van der Waals surface area contributed by atoms with Crippen molar-refractivity contribution in [3.05, 3.63) is 26.0 Å². The van der Waals surface area contributed by atoms with Gasteiger partial charge in [0.1, 0.15) is 5.69 Å². The molecular weight excluding hydrogens is 343 g/mol. The summed E-state index contributed by atoms with van der Waals surface area (Å²) in [5.41, 5.74) is 0.0393. The van der Waals surface area contributed by atoms with Crippen LogP contribution in [0.25, 0.3) is 0 Å². The topological polar surface area (TPSA) is 83.8 Å². The smallest absolute Gasteiger partial charge is 0.282 e. The zero-order valence-electron chi connectivity index (χ0n) is 6.44. The molecule has 0 aliphatic heterocycles. The maximum absolute atomic E-state index is 10.7. The Morgan fingerprint density at radius 3 is 1.93 bits per heavy atom. The third-order valence-corrected chi connectivity index (χ3v) is 3.42. The van der Waals surface area contributed by atoms with E-state index in [9.17, 15) is 13.3 Å². The second-order valence-corrected chi connectivity index (χ2v) is 5.43. The van der Waals surface area contributed by atoms with Crippen molar-refractivity contribution >= 4 is 47.7 Å². The van der Waals surface area contributed by atoms with Gasteiger partial charge in [-0.25, -0.2) is 0 Å². The first-order chi connectivity index (χ1) is 6.36. The van der Waals surface area contributed by atoms with Gasteiger partial charge in [-0.3, -0.25) is 4.55 Å². The van der Waals surface area contributed by atoms with Crippen molar-refractivity contribution in [3.8, 4) is 0 Å². The molecule has 0 bridgehead atoms. The fourth-order valence-corrected chi connectivity index (χ4v) is 2.95. The maximum Gasteiger partial charge on any atom is 0.294 e. The van der Waals surface area contributed by atoms with Crippen molar-refractivity contribution < 1.29 is 13.0 Å². The summed E-state index contributed by atoms with van der Waals surface area (Å²) in [5.74, 6) is 0. The fraction of sp³-hybridized carbons (Fsp3) is 0. The van der Waals surface area contributed by atoms with E-state index in [1.165, 1.54) is 0 Å². The molecule has 5 nitrogen and oxygen atoms in total. The minimum absolute atomic E-state index is 0.0393. The summed E-state index contributed by atoms with van der Waals surface area (Å²) in [7, 11) is -4.28. The van der Waals surface area contributed by atoms with Gasteiger partial charge in [-0.15, -0.1) is 4.91 Å². The molecule has 14 heavy (non-hydrogen) atoms. The number of nitroso groups, excluding NO2 is 1. The molecule has 1 rings (SSSR count). The van der Waals surface area contributed by atoms with Crippen LogP contribution >= 0.6 is 31.9 Å². The lowest BCUT2D eigenvalue weighted by Gasteiger charge is -2.01. The van der Waals surface area contributed by atoms with Crippen molar-refractivity contribution in [2.75, 3.05) is 0 Å². The molecule has 1 aromatic carbocycles. The van der Waals surface area contributed by atoms with Crippen molar-refractivity contribution in [2.45, 2.75) is 4.90 Å². The van der Waals surface area contributed by atoms with Crippen LogP contribution in [0.5, 0.6) is 0 Å². The predicted molar refractivity (Wildman–Crippen MR) is 57.1 cm³/mol. The Bertz CT molecular complexity index is 462. The molecular formula is C6H3Br2NO4S. The van der Waals surface area contributed by atoms with Gasteiger partial charge in [-0.2, -0.15) is 8.42 Å². The van der Waals surface area contributed by atoms with Crippen LogP contribution in [0.3, 0.4) is 0 Å². The van der Waals surface area contributed by atoms with E-state index in [0.29, 0.717) is 0 Å². The van der Waals surface area contributed by atoms with Crippen LogP contribution in [0.1, 0.15) is 0 Å². The van der Waals surface area contributed by atoms with Crippen molar-refractivity contribution in [1.82, 2.24) is 0 Å². The molecule has 0 aromatic heterocycles. The summed E-state index contributed by atoms with van der Waals surface area (Å²) in [5, 5.41) is 2.67. The minimum atomic E-state index is -4.28. The molecule has 0 fully saturated rings. The average molecular weight is 346 g/mol. The number of halogens is 2. The first kappa shape index (κ1) is 11.8. The number of hydrogen-bond acceptors (Lipinski definition) is 4. The largest absolute Gasteiger partial charge is 0.294 e. The zero-order chi connectivity index (χ0) is 10.9. The molecule has 8 heteroatoms. The predicted octanol–water partition coefficient (Wildman–Crippen LogP) is 2.86. The van der Waals surface area contributed by atoms with Gasteiger partial charge in [-0.05, 0) is 49.2 Å². The highest BCUT2D eigenvalue weighted by Gasteiger charge is 2.15. The van der Waals surface area contributed by atoms with E-state index in [1.807, 2.05) is 0 Å². The van der Waals surface area contributed by atoms with Crippen molar-refractivity contribution in [3.63, 3.8) is 0 Å². The van der Waals surface area contributed by atoms with Gasteiger partial charge in [0.25, 0.3) is 10.1 Å². The Hall–Kier alpha value is -0.310. The lowest BCUT2D eigenvalue weighted by molar-refractivity contribution is 0.483. The van der Waals surface area contributed by atoms with E-state index in [-0.39, 0.29) is 19.5 Å². The first-order valence-corrected chi connectivity index (χ1v) is 6.18. The highest BCUT2D eigenvalue weighted by atomic mass is 79.9. The Labute approximate surface area is 96.5 Å². The van der Waals surface area contributed by atoms with Gasteiger partial charge in [0.2, 0.25) is 0 Å². The molecule has 0 spiro atoms. The highest BCUT2D eigenvalue weighted by molar-refractivity contribution is 9.11. The van der Waals surface area contributed by atoms with Crippen LogP contribution in [0.15, 0.2) is 31.2 Å². The molecule has 0 unspecified atom stereocenters. The molecule has 1 N–H and O–H groups in total. The van der Waals surface area contributed by atoms with Crippen LogP contribution in [0.4, 0.5) is 5.69 Å². The van der Waals surface area contributed by atoms with Gasteiger partial charge < -0.3 is 0 Å². The van der Waals surface area contributed by atoms with Crippen LogP contribution in [0.2, 0.25) is 0 Å². The van der Waals surface area contributed by atoms with Gasteiger partial charge >= 0.3 is 0 Å². The van der Waals surface area contributed by atoms with E-state index in [1.54, 1.807) is 0 Å². The number of rotatable bonds is 2. The van der Waals surface area contributed by atoms with E-state index in [2.05, 4.69) is 37.0 Å². The van der Waals surface area contributed by atoms with Crippen molar-refractivity contribution in [2.24, 2.45) is 5.18 Å². The summed E-state index contributed by atoms with van der Waals surface area (Å²) in [6, 6.07) is 2.19. The number of benzene rings is 1. The highest BCUT2D eigenvalue weighted by Crippen LogP contribution is 2.35. The molecule has 0 radical (unpaired) electrons.